The van der Waals surface area contributed by atoms with Crippen LogP contribution in [0.25, 0.3) is 10.9 Å². The van der Waals surface area contributed by atoms with Crippen molar-refractivity contribution < 1.29 is 23.7 Å². The van der Waals surface area contributed by atoms with Crippen molar-refractivity contribution in [3.63, 3.8) is 0 Å². The molecule has 0 saturated carbocycles. The average Bonchev–Trinajstić information content (AvgIpc) is 3.17. The Morgan fingerprint density at radius 2 is 2.12 bits per heavy atom. The van der Waals surface area contributed by atoms with E-state index in [2.05, 4.69) is 11.1 Å². The molecule has 7 heteroatoms. The summed E-state index contributed by atoms with van der Waals surface area (Å²) < 4.78 is 27.1. The van der Waals surface area contributed by atoms with Gasteiger partial charge in [-0.25, -0.2) is 4.98 Å². The molecule has 0 radical (unpaired) electrons. The Morgan fingerprint density at radius 1 is 1.23 bits per heavy atom. The van der Waals surface area contributed by atoms with Gasteiger partial charge in [-0.3, -0.25) is 0 Å². The zero-order valence-electron chi connectivity index (χ0n) is 14.8. The molecule has 1 unspecified atom stereocenters. The van der Waals surface area contributed by atoms with Crippen molar-refractivity contribution in [2.24, 2.45) is 0 Å². The number of pyridine rings is 1. The van der Waals surface area contributed by atoms with Crippen LogP contribution in [-0.2, 0) is 14.2 Å². The molecule has 1 aliphatic heterocycles. The summed E-state index contributed by atoms with van der Waals surface area (Å²) in [6.07, 6.45) is 0.960. The van der Waals surface area contributed by atoms with Crippen LogP contribution in [0.5, 0.6) is 11.6 Å². The quantitative estimate of drug-likeness (QED) is 0.636. The molecule has 3 rings (SSSR count). The van der Waals surface area contributed by atoms with Crippen molar-refractivity contribution in [1.29, 1.82) is 5.26 Å². The maximum atomic E-state index is 9.34. The molecule has 0 spiro atoms. The van der Waals surface area contributed by atoms with Gasteiger partial charge in [0.15, 0.2) is 0 Å². The fourth-order valence-corrected chi connectivity index (χ4v) is 2.63. The first-order chi connectivity index (χ1) is 12.8. The Bertz CT molecular complexity index is 768. The summed E-state index contributed by atoms with van der Waals surface area (Å²) in [6, 6.07) is 9.53. The molecule has 0 aliphatic carbocycles. The smallest absolute Gasteiger partial charge is 0.232 e. The molecule has 1 aromatic carbocycles. The summed E-state index contributed by atoms with van der Waals surface area (Å²) in [5.74, 6) is 1.04. The number of benzene rings is 1. The van der Waals surface area contributed by atoms with E-state index in [1.165, 1.54) is 0 Å². The fraction of sp³-hybridized carbons (Fsp3) is 0.474. The van der Waals surface area contributed by atoms with Gasteiger partial charge in [-0.1, -0.05) is 0 Å². The van der Waals surface area contributed by atoms with Gasteiger partial charge in [-0.2, -0.15) is 5.26 Å². The van der Waals surface area contributed by atoms with E-state index in [9.17, 15) is 5.26 Å². The third-order valence-corrected chi connectivity index (χ3v) is 3.96. The molecule has 1 aliphatic rings. The van der Waals surface area contributed by atoms with Crippen LogP contribution < -0.4 is 9.47 Å². The molecule has 1 atom stereocenters. The number of rotatable bonds is 9. The first kappa shape index (κ1) is 18.4. The van der Waals surface area contributed by atoms with Crippen molar-refractivity contribution in [3.05, 3.63) is 29.8 Å². The lowest BCUT2D eigenvalue weighted by atomic mass is 10.1. The van der Waals surface area contributed by atoms with Gasteiger partial charge in [-0.15, -0.1) is 0 Å². The van der Waals surface area contributed by atoms with Gasteiger partial charge in [0.2, 0.25) is 5.88 Å². The molecule has 2 heterocycles. The third kappa shape index (κ3) is 4.82. The van der Waals surface area contributed by atoms with Crippen LogP contribution in [0.4, 0.5) is 0 Å². The maximum absolute atomic E-state index is 9.34. The van der Waals surface area contributed by atoms with Gasteiger partial charge in [0.1, 0.15) is 30.1 Å². The molecule has 0 N–H and O–H groups in total. The first-order valence-corrected chi connectivity index (χ1v) is 8.59. The number of aromatic nitrogens is 1. The summed E-state index contributed by atoms with van der Waals surface area (Å²) >= 11 is 0. The van der Waals surface area contributed by atoms with Gasteiger partial charge >= 0.3 is 0 Å². The van der Waals surface area contributed by atoms with Gasteiger partial charge in [-0.05, 0) is 18.2 Å². The summed E-state index contributed by atoms with van der Waals surface area (Å²) in [5, 5.41) is 10.2. The van der Waals surface area contributed by atoms with E-state index in [-0.39, 0.29) is 6.10 Å². The molecule has 1 fully saturated rings. The number of methoxy groups -OCH3 is 1. The normalized spacial score (nSPS) is 16.5. The highest BCUT2D eigenvalue weighted by atomic mass is 16.5. The third-order valence-electron chi connectivity index (χ3n) is 3.96. The molecule has 26 heavy (non-hydrogen) atoms. The fourth-order valence-electron chi connectivity index (χ4n) is 2.63. The van der Waals surface area contributed by atoms with E-state index in [4.69, 9.17) is 23.7 Å². The summed E-state index contributed by atoms with van der Waals surface area (Å²) in [6.45, 7) is 3.09. The minimum Gasteiger partial charge on any atom is -0.488 e. The van der Waals surface area contributed by atoms with Crippen molar-refractivity contribution >= 4 is 10.9 Å². The Labute approximate surface area is 152 Å². The second kappa shape index (κ2) is 9.34. The second-order valence-electron chi connectivity index (χ2n) is 5.86. The highest BCUT2D eigenvalue weighted by Crippen LogP contribution is 2.26. The van der Waals surface area contributed by atoms with Gasteiger partial charge in [0, 0.05) is 25.0 Å². The van der Waals surface area contributed by atoms with E-state index >= 15 is 0 Å². The zero-order valence-corrected chi connectivity index (χ0v) is 14.8. The molecule has 1 saturated heterocycles. The topological polar surface area (TPSA) is 82.8 Å². The van der Waals surface area contributed by atoms with Crippen LogP contribution in [0.15, 0.2) is 24.3 Å². The minimum atomic E-state index is 0.0748. The van der Waals surface area contributed by atoms with E-state index in [1.54, 1.807) is 13.2 Å². The minimum absolute atomic E-state index is 0.0748. The largest absolute Gasteiger partial charge is 0.488 e. The van der Waals surface area contributed by atoms with Crippen LogP contribution in [0.2, 0.25) is 0 Å². The van der Waals surface area contributed by atoms with Crippen molar-refractivity contribution in [1.82, 2.24) is 4.98 Å². The lowest BCUT2D eigenvalue weighted by Crippen LogP contribution is -2.15. The molecule has 138 valence electrons. The highest BCUT2D eigenvalue weighted by Gasteiger charge is 2.17. The van der Waals surface area contributed by atoms with Crippen LogP contribution in [0.1, 0.15) is 12.0 Å². The Morgan fingerprint density at radius 3 is 2.88 bits per heavy atom. The van der Waals surface area contributed by atoms with Crippen LogP contribution in [0.3, 0.4) is 0 Å². The highest BCUT2D eigenvalue weighted by molar-refractivity contribution is 5.82. The average molecular weight is 358 g/mol. The first-order valence-electron chi connectivity index (χ1n) is 8.59. The number of hydrogen-bond donors (Lipinski definition) is 0. The predicted octanol–water partition coefficient (Wildman–Crippen LogP) is 2.32. The standard InChI is InChI=1S/C19H22N2O5/c1-22-6-7-23-8-9-25-19-15(12-20)10-14-2-3-16(11-18(14)21-19)26-17-4-5-24-13-17/h2-3,10-11,17H,4-9,13H2,1H3. The Hall–Kier alpha value is -2.40. The lowest BCUT2D eigenvalue weighted by molar-refractivity contribution is 0.0537. The Balaban J connectivity index is 1.69. The predicted molar refractivity (Wildman–Crippen MR) is 94.5 cm³/mol. The monoisotopic (exact) mass is 358 g/mol. The van der Waals surface area contributed by atoms with Crippen LogP contribution in [-0.4, -0.2) is 57.8 Å². The van der Waals surface area contributed by atoms with Crippen molar-refractivity contribution in [2.45, 2.75) is 12.5 Å². The summed E-state index contributed by atoms with van der Waals surface area (Å²) in [4.78, 5) is 4.48. The van der Waals surface area contributed by atoms with E-state index in [0.717, 1.165) is 29.7 Å². The van der Waals surface area contributed by atoms with E-state index in [0.29, 0.717) is 44.5 Å². The van der Waals surface area contributed by atoms with Crippen molar-refractivity contribution in [2.75, 3.05) is 46.8 Å². The van der Waals surface area contributed by atoms with Crippen molar-refractivity contribution in [3.8, 4) is 17.7 Å². The number of nitriles is 1. The van der Waals surface area contributed by atoms with Gasteiger partial charge < -0.3 is 23.7 Å². The molecular formula is C19H22N2O5. The summed E-state index contributed by atoms with van der Waals surface area (Å²) in [7, 11) is 1.62. The molecule has 2 aromatic rings. The molecule has 0 amide bonds. The van der Waals surface area contributed by atoms with Gasteiger partial charge in [0.05, 0.1) is 38.6 Å². The number of fused-ring (bicyclic) bond motifs is 1. The number of hydrogen-bond acceptors (Lipinski definition) is 7. The summed E-state index contributed by atoms with van der Waals surface area (Å²) in [5.41, 5.74) is 1.11. The zero-order chi connectivity index (χ0) is 18.2. The number of ether oxygens (including phenoxy) is 5. The molecular weight excluding hydrogens is 336 g/mol. The van der Waals surface area contributed by atoms with Gasteiger partial charge in [0.25, 0.3) is 0 Å². The SMILES string of the molecule is COCCOCCOc1nc2cc(OC3CCOC3)ccc2cc1C#N. The maximum Gasteiger partial charge on any atom is 0.232 e. The van der Waals surface area contributed by atoms with Crippen LogP contribution in [0, 0.1) is 11.3 Å². The second-order valence-corrected chi connectivity index (χ2v) is 5.86. The number of nitrogens with zero attached hydrogens (tertiary/aromatic N) is 2. The lowest BCUT2D eigenvalue weighted by Gasteiger charge is -2.13. The molecule has 0 bridgehead atoms. The van der Waals surface area contributed by atoms with E-state index in [1.807, 2.05) is 18.2 Å². The van der Waals surface area contributed by atoms with Crippen LogP contribution >= 0.6 is 0 Å². The Kier molecular flexibility index (Phi) is 6.61. The van der Waals surface area contributed by atoms with E-state index < -0.39 is 0 Å². The molecule has 7 nitrogen and oxygen atoms in total. The molecule has 1 aromatic heterocycles.